The molecule has 166 valence electrons. The summed E-state index contributed by atoms with van der Waals surface area (Å²) < 4.78 is 29.9. The summed E-state index contributed by atoms with van der Waals surface area (Å²) in [7, 11) is 0. The second-order valence-corrected chi connectivity index (χ2v) is 9.24. The molecule has 5 nitrogen and oxygen atoms in total. The van der Waals surface area contributed by atoms with E-state index in [4.69, 9.17) is 4.98 Å². The van der Waals surface area contributed by atoms with Crippen molar-refractivity contribution in [2.75, 3.05) is 5.32 Å². The molecule has 3 heterocycles. The summed E-state index contributed by atoms with van der Waals surface area (Å²) in [6.07, 6.45) is 7.58. The van der Waals surface area contributed by atoms with Crippen LogP contribution in [0.2, 0.25) is 0 Å². The van der Waals surface area contributed by atoms with E-state index in [-0.39, 0.29) is 22.9 Å². The second-order valence-electron chi connectivity index (χ2n) is 9.24. The van der Waals surface area contributed by atoms with E-state index >= 15 is 0 Å². The Kier molecular flexibility index (Phi) is 5.07. The molecule has 0 amide bonds. The van der Waals surface area contributed by atoms with Crippen LogP contribution in [0.3, 0.4) is 0 Å². The van der Waals surface area contributed by atoms with E-state index in [1.807, 2.05) is 18.3 Å². The molecular weight excluding hydrogens is 410 g/mol. The number of carbonyl (C=O) groups is 1. The zero-order chi connectivity index (χ0) is 22.5. The molecule has 1 saturated carbocycles. The van der Waals surface area contributed by atoms with Crippen molar-refractivity contribution in [1.29, 1.82) is 0 Å². The predicted octanol–water partition coefficient (Wildman–Crippen LogP) is 5.46. The lowest BCUT2D eigenvalue weighted by Crippen LogP contribution is -2.44. The molecule has 1 N–H and O–H groups in total. The number of nitrogens with one attached hydrogen (secondary N) is 1. The lowest BCUT2D eigenvalue weighted by Gasteiger charge is -2.45. The van der Waals surface area contributed by atoms with Crippen LogP contribution < -0.4 is 5.32 Å². The van der Waals surface area contributed by atoms with Gasteiger partial charge in [0.05, 0.1) is 23.1 Å². The lowest BCUT2D eigenvalue weighted by atomic mass is 9.69. The maximum atomic E-state index is 14.4. The maximum Gasteiger partial charge on any atom is 0.161 e. The third-order valence-electron chi connectivity index (χ3n) is 7.03. The van der Waals surface area contributed by atoms with Crippen LogP contribution >= 0.6 is 0 Å². The molecule has 1 fully saturated rings. The van der Waals surface area contributed by atoms with Crippen molar-refractivity contribution in [3.63, 3.8) is 0 Å². The highest BCUT2D eigenvalue weighted by Crippen LogP contribution is 2.49. The van der Waals surface area contributed by atoms with Gasteiger partial charge in [0.25, 0.3) is 0 Å². The number of nitrogens with zero attached hydrogens (tertiary/aromatic N) is 3. The molecule has 7 heteroatoms. The van der Waals surface area contributed by atoms with Gasteiger partial charge in [-0.2, -0.15) is 0 Å². The molecule has 1 aliphatic heterocycles. The molecule has 0 saturated heterocycles. The van der Waals surface area contributed by atoms with E-state index in [9.17, 15) is 13.6 Å². The van der Waals surface area contributed by atoms with Crippen LogP contribution in [-0.4, -0.2) is 20.8 Å². The average molecular weight is 437 g/mol. The first-order valence-electron chi connectivity index (χ1n) is 11.2. The van der Waals surface area contributed by atoms with Gasteiger partial charge >= 0.3 is 0 Å². The first-order chi connectivity index (χ1) is 15.4. The molecule has 32 heavy (non-hydrogen) atoms. The monoisotopic (exact) mass is 436 g/mol. The zero-order valence-electron chi connectivity index (χ0n) is 18.2. The molecule has 1 spiro atoms. The normalized spacial score (nSPS) is 22.8. The molecule has 1 atom stereocenters. The number of aldehydes is 1. The van der Waals surface area contributed by atoms with E-state index in [1.165, 1.54) is 12.1 Å². The molecule has 1 aliphatic carbocycles. The van der Waals surface area contributed by atoms with Crippen LogP contribution in [0.25, 0.3) is 5.82 Å². The summed E-state index contributed by atoms with van der Waals surface area (Å²) in [4.78, 5) is 21.3. The van der Waals surface area contributed by atoms with Crippen molar-refractivity contribution in [2.24, 2.45) is 5.92 Å². The Balaban J connectivity index is 1.47. The first-order valence-corrected chi connectivity index (χ1v) is 11.2. The number of hydrogen-bond donors (Lipinski definition) is 1. The zero-order valence-corrected chi connectivity index (χ0v) is 18.2. The van der Waals surface area contributed by atoms with Gasteiger partial charge in [-0.25, -0.2) is 18.7 Å². The van der Waals surface area contributed by atoms with Gasteiger partial charge in [0.15, 0.2) is 5.82 Å². The summed E-state index contributed by atoms with van der Waals surface area (Å²) in [5.74, 6) is 0.200. The number of benzene rings is 1. The molecule has 1 aromatic carbocycles. The number of halogens is 2. The van der Waals surface area contributed by atoms with Crippen molar-refractivity contribution < 1.29 is 13.6 Å². The summed E-state index contributed by atoms with van der Waals surface area (Å²) in [6.45, 7) is 4.24. The minimum atomic E-state index is -0.655. The fraction of sp³-hybridized carbons (Fsp3) is 0.400. The second kappa shape index (κ2) is 7.80. The van der Waals surface area contributed by atoms with Crippen LogP contribution in [0.4, 0.5) is 14.5 Å². The number of hydrogen-bond acceptors (Lipinski definition) is 4. The number of carbonyl (C=O) groups excluding carboxylic acids is 1. The lowest BCUT2D eigenvalue weighted by molar-refractivity contribution is -0.110. The largest absolute Gasteiger partial charge is 0.371 e. The fourth-order valence-corrected chi connectivity index (χ4v) is 5.41. The van der Waals surface area contributed by atoms with Gasteiger partial charge < -0.3 is 10.1 Å². The summed E-state index contributed by atoms with van der Waals surface area (Å²) in [6, 6.07) is 7.43. The first kappa shape index (κ1) is 20.8. The molecule has 0 unspecified atom stereocenters. The van der Waals surface area contributed by atoms with Gasteiger partial charge in [0.2, 0.25) is 0 Å². The topological polar surface area (TPSA) is 59.8 Å². The fourth-order valence-electron chi connectivity index (χ4n) is 5.41. The Morgan fingerprint density at radius 3 is 2.66 bits per heavy atom. The summed E-state index contributed by atoms with van der Waals surface area (Å²) >= 11 is 0. The average Bonchev–Trinajstić information content (AvgIpc) is 3.24. The van der Waals surface area contributed by atoms with Crippen LogP contribution in [0.5, 0.6) is 0 Å². The highest BCUT2D eigenvalue weighted by atomic mass is 19.1. The van der Waals surface area contributed by atoms with E-state index in [0.717, 1.165) is 61.1 Å². The number of anilines is 1. The minimum absolute atomic E-state index is 0.00359. The standard InChI is InChI=1S/C25H26F2N4O/c1-15(2)23-29-13-22-25(30-21-4-3-11-28-24(21)31(22)23)9-7-16(8-10-25)19(14-32)18-6-5-17(26)12-20(18)27/h3-6,11-16,19,30H,7-10H2,1-2H3/t16?,19-,25?/m0/s1. The van der Waals surface area contributed by atoms with Gasteiger partial charge in [-0.15, -0.1) is 0 Å². The quantitative estimate of drug-likeness (QED) is 0.552. The van der Waals surface area contributed by atoms with Crippen molar-refractivity contribution >= 4 is 12.0 Å². The van der Waals surface area contributed by atoms with Gasteiger partial charge in [-0.1, -0.05) is 19.9 Å². The van der Waals surface area contributed by atoms with Gasteiger partial charge in [0.1, 0.15) is 23.7 Å². The van der Waals surface area contributed by atoms with E-state index in [0.29, 0.717) is 0 Å². The molecule has 3 aromatic rings. The van der Waals surface area contributed by atoms with Crippen molar-refractivity contribution in [1.82, 2.24) is 14.5 Å². The number of rotatable bonds is 4. The summed E-state index contributed by atoms with van der Waals surface area (Å²) in [5.41, 5.74) is 2.01. The molecule has 5 rings (SSSR count). The number of pyridine rings is 1. The highest BCUT2D eigenvalue weighted by Gasteiger charge is 2.45. The summed E-state index contributed by atoms with van der Waals surface area (Å²) in [5, 5.41) is 3.72. The van der Waals surface area contributed by atoms with Gasteiger partial charge in [0, 0.05) is 24.1 Å². The number of fused-ring (bicyclic) bond motifs is 4. The third-order valence-corrected chi connectivity index (χ3v) is 7.03. The minimum Gasteiger partial charge on any atom is -0.371 e. The SMILES string of the molecule is CC(C)c1ncc2n1-c1ncccc1NC21CCC([C@H](C=O)c2ccc(F)cc2F)CC1. The maximum absolute atomic E-state index is 14.4. The number of imidazole rings is 1. The van der Waals surface area contributed by atoms with E-state index < -0.39 is 17.6 Å². The van der Waals surface area contributed by atoms with Crippen molar-refractivity contribution in [2.45, 2.75) is 56.9 Å². The van der Waals surface area contributed by atoms with Crippen LogP contribution in [-0.2, 0) is 10.3 Å². The molecular formula is C25H26F2N4O. The number of aromatic nitrogens is 3. The van der Waals surface area contributed by atoms with Gasteiger partial charge in [-0.3, -0.25) is 4.57 Å². The van der Waals surface area contributed by atoms with Crippen LogP contribution in [0.1, 0.15) is 68.4 Å². The third kappa shape index (κ3) is 3.22. The van der Waals surface area contributed by atoms with E-state index in [1.54, 1.807) is 6.20 Å². The van der Waals surface area contributed by atoms with Gasteiger partial charge in [-0.05, 0) is 55.4 Å². The Bertz CT molecular complexity index is 1160. The molecule has 2 aliphatic rings. The molecule has 0 radical (unpaired) electrons. The predicted molar refractivity (Wildman–Crippen MR) is 118 cm³/mol. The molecule has 0 bridgehead atoms. The van der Waals surface area contributed by atoms with Crippen molar-refractivity contribution in [3.8, 4) is 5.82 Å². The smallest absolute Gasteiger partial charge is 0.161 e. The Labute approximate surface area is 185 Å². The highest BCUT2D eigenvalue weighted by molar-refractivity contribution is 5.65. The Morgan fingerprint density at radius 2 is 1.97 bits per heavy atom. The Morgan fingerprint density at radius 1 is 1.19 bits per heavy atom. The Hall–Kier alpha value is -3.09. The molecule has 2 aromatic heterocycles. The van der Waals surface area contributed by atoms with Crippen LogP contribution in [0.15, 0.2) is 42.7 Å². The van der Waals surface area contributed by atoms with Crippen LogP contribution in [0, 0.1) is 17.6 Å². The van der Waals surface area contributed by atoms with Crippen molar-refractivity contribution in [3.05, 3.63) is 71.4 Å². The van der Waals surface area contributed by atoms with E-state index in [2.05, 4.69) is 28.7 Å².